The Morgan fingerprint density at radius 3 is 2.34 bits per heavy atom. The van der Waals surface area contributed by atoms with Crippen LogP contribution in [0.15, 0.2) is 45.9 Å². The highest BCUT2D eigenvalue weighted by atomic mass is 79.9. The van der Waals surface area contributed by atoms with E-state index in [0.717, 1.165) is 10.0 Å². The highest BCUT2D eigenvalue weighted by Crippen LogP contribution is 2.18. The van der Waals surface area contributed by atoms with Gasteiger partial charge in [-0.3, -0.25) is 25.3 Å². The number of nitrogens with one attached hydrogen (secondary N) is 3. The van der Waals surface area contributed by atoms with E-state index in [0.29, 0.717) is 31.9 Å². The number of benzene rings is 1. The molecule has 2 amide bonds. The van der Waals surface area contributed by atoms with Crippen molar-refractivity contribution < 1.29 is 18.0 Å². The van der Waals surface area contributed by atoms with Crippen LogP contribution in [0, 0.1) is 6.92 Å². The summed E-state index contributed by atoms with van der Waals surface area (Å²) in [5.41, 5.74) is 6.01. The molecule has 9 nitrogen and oxygen atoms in total. The van der Waals surface area contributed by atoms with Crippen LogP contribution < -0.4 is 10.9 Å². The van der Waals surface area contributed by atoms with Crippen LogP contribution in [-0.2, 0) is 14.8 Å². The lowest BCUT2D eigenvalue weighted by atomic mass is 10.2. The predicted octanol–water partition coefficient (Wildman–Crippen LogP) is 0.853. The van der Waals surface area contributed by atoms with Gasteiger partial charge in [-0.1, -0.05) is 17.7 Å². The van der Waals surface area contributed by atoms with Crippen molar-refractivity contribution in [1.29, 1.82) is 0 Å². The number of carbonyl (C=O) groups excluding carboxylic acids is 2. The molecule has 0 unspecified atom stereocenters. The number of carbonyl (C=O) groups is 2. The molecular formula is C18H22BrN5O4S. The molecule has 1 aromatic heterocycles. The van der Waals surface area contributed by atoms with Crippen molar-refractivity contribution in [2.45, 2.75) is 11.8 Å². The Kier molecular flexibility index (Phi) is 6.73. The second-order valence-corrected chi connectivity index (χ2v) is 9.58. The van der Waals surface area contributed by atoms with E-state index >= 15 is 0 Å². The number of aryl methyl sites for hydroxylation is 1. The van der Waals surface area contributed by atoms with Gasteiger partial charge in [0.25, 0.3) is 11.8 Å². The van der Waals surface area contributed by atoms with E-state index in [1.807, 2.05) is 11.8 Å². The van der Waals surface area contributed by atoms with E-state index in [9.17, 15) is 18.0 Å². The van der Waals surface area contributed by atoms with Gasteiger partial charge in [0.05, 0.1) is 11.4 Å². The van der Waals surface area contributed by atoms with E-state index in [1.54, 1.807) is 36.5 Å². The maximum Gasteiger partial charge on any atom is 0.286 e. The average molecular weight is 484 g/mol. The number of sulfonamides is 1. The number of piperazine rings is 1. The quantitative estimate of drug-likeness (QED) is 0.545. The zero-order valence-electron chi connectivity index (χ0n) is 15.8. The van der Waals surface area contributed by atoms with Crippen molar-refractivity contribution in [3.8, 4) is 0 Å². The Bertz CT molecular complexity index is 982. The number of hydrazine groups is 1. The molecule has 29 heavy (non-hydrogen) atoms. The molecule has 0 aliphatic carbocycles. The summed E-state index contributed by atoms with van der Waals surface area (Å²) in [5.74, 6) is -0.836. The number of hydrogen-bond acceptors (Lipinski definition) is 5. The first-order valence-corrected chi connectivity index (χ1v) is 11.2. The SMILES string of the molecule is Cc1ccc(S(=O)(=O)N2CCN(CC(=O)NNC(=O)c3cc(Br)c[nH]3)CC2)cc1. The van der Waals surface area contributed by atoms with Crippen LogP contribution in [0.5, 0.6) is 0 Å². The van der Waals surface area contributed by atoms with Gasteiger partial charge in [0.1, 0.15) is 5.69 Å². The summed E-state index contributed by atoms with van der Waals surface area (Å²) in [6, 6.07) is 8.35. The molecule has 11 heteroatoms. The minimum Gasteiger partial charge on any atom is -0.356 e. The molecular weight excluding hydrogens is 462 g/mol. The first kappa shape index (κ1) is 21.5. The second-order valence-electron chi connectivity index (χ2n) is 6.73. The molecule has 0 spiro atoms. The topological polar surface area (TPSA) is 115 Å². The third kappa shape index (κ3) is 5.44. The number of aromatic amines is 1. The molecule has 1 saturated heterocycles. The molecule has 1 aromatic carbocycles. The zero-order valence-corrected chi connectivity index (χ0v) is 18.2. The Morgan fingerprint density at radius 2 is 1.76 bits per heavy atom. The van der Waals surface area contributed by atoms with Gasteiger partial charge >= 0.3 is 0 Å². The van der Waals surface area contributed by atoms with Crippen molar-refractivity contribution in [3.63, 3.8) is 0 Å². The summed E-state index contributed by atoms with van der Waals surface area (Å²) >= 11 is 3.23. The third-order valence-electron chi connectivity index (χ3n) is 4.57. The molecule has 0 bridgehead atoms. The number of amides is 2. The minimum absolute atomic E-state index is 0.0626. The highest BCUT2D eigenvalue weighted by molar-refractivity contribution is 9.10. The lowest BCUT2D eigenvalue weighted by molar-refractivity contribution is -0.123. The molecule has 1 fully saturated rings. The van der Waals surface area contributed by atoms with Crippen molar-refractivity contribution in [2.24, 2.45) is 0 Å². The molecule has 0 atom stereocenters. The van der Waals surface area contributed by atoms with E-state index in [4.69, 9.17) is 0 Å². The molecule has 3 rings (SSSR count). The molecule has 2 heterocycles. The van der Waals surface area contributed by atoms with Crippen molar-refractivity contribution in [2.75, 3.05) is 32.7 Å². The van der Waals surface area contributed by atoms with Gasteiger partial charge in [0.2, 0.25) is 10.0 Å². The fourth-order valence-electron chi connectivity index (χ4n) is 2.92. The van der Waals surface area contributed by atoms with Crippen LogP contribution in [0.3, 0.4) is 0 Å². The highest BCUT2D eigenvalue weighted by Gasteiger charge is 2.29. The summed E-state index contributed by atoms with van der Waals surface area (Å²) in [6.07, 6.45) is 1.61. The smallest absolute Gasteiger partial charge is 0.286 e. The van der Waals surface area contributed by atoms with E-state index < -0.39 is 15.9 Å². The normalized spacial score (nSPS) is 15.8. The molecule has 0 saturated carbocycles. The molecule has 0 radical (unpaired) electrons. The van der Waals surface area contributed by atoms with Crippen molar-refractivity contribution in [3.05, 3.63) is 52.3 Å². The van der Waals surface area contributed by atoms with Gasteiger partial charge in [0, 0.05) is 36.8 Å². The summed E-state index contributed by atoms with van der Waals surface area (Å²) in [7, 11) is -3.54. The lowest BCUT2D eigenvalue weighted by Crippen LogP contribution is -2.52. The third-order valence-corrected chi connectivity index (χ3v) is 6.94. The van der Waals surface area contributed by atoms with E-state index in [-0.39, 0.29) is 17.3 Å². The molecule has 1 aliphatic heterocycles. The van der Waals surface area contributed by atoms with Gasteiger partial charge in [-0.15, -0.1) is 0 Å². The first-order valence-electron chi connectivity index (χ1n) is 8.98. The van der Waals surface area contributed by atoms with E-state index in [1.165, 1.54) is 4.31 Å². The minimum atomic E-state index is -3.54. The second kappa shape index (κ2) is 9.08. The van der Waals surface area contributed by atoms with Gasteiger partial charge in [-0.25, -0.2) is 8.42 Å². The van der Waals surface area contributed by atoms with Crippen LogP contribution in [0.1, 0.15) is 16.1 Å². The van der Waals surface area contributed by atoms with Crippen LogP contribution in [0.4, 0.5) is 0 Å². The Hall–Kier alpha value is -2.21. The number of halogens is 1. The number of nitrogens with zero attached hydrogens (tertiary/aromatic N) is 2. The van der Waals surface area contributed by atoms with Crippen LogP contribution >= 0.6 is 15.9 Å². The van der Waals surface area contributed by atoms with Crippen molar-refractivity contribution in [1.82, 2.24) is 25.0 Å². The maximum absolute atomic E-state index is 12.7. The fourth-order valence-corrected chi connectivity index (χ4v) is 4.69. The van der Waals surface area contributed by atoms with Crippen LogP contribution in [0.2, 0.25) is 0 Å². The Labute approximate surface area is 177 Å². The average Bonchev–Trinajstić information content (AvgIpc) is 3.13. The van der Waals surface area contributed by atoms with Crippen LogP contribution in [0.25, 0.3) is 0 Å². The molecule has 156 valence electrons. The summed E-state index contributed by atoms with van der Waals surface area (Å²) in [4.78, 5) is 28.8. The summed E-state index contributed by atoms with van der Waals surface area (Å²) < 4.78 is 27.6. The largest absolute Gasteiger partial charge is 0.356 e. The fraction of sp³-hybridized carbons (Fsp3) is 0.333. The monoisotopic (exact) mass is 483 g/mol. The van der Waals surface area contributed by atoms with Gasteiger partial charge < -0.3 is 4.98 Å². The predicted molar refractivity (Wildman–Crippen MR) is 110 cm³/mol. The number of H-pyrrole nitrogens is 1. The summed E-state index contributed by atoms with van der Waals surface area (Å²) in [6.45, 7) is 3.41. The summed E-state index contributed by atoms with van der Waals surface area (Å²) in [5, 5.41) is 0. The number of hydrogen-bond donors (Lipinski definition) is 3. The molecule has 1 aliphatic rings. The Balaban J connectivity index is 1.46. The number of aromatic nitrogens is 1. The van der Waals surface area contributed by atoms with Gasteiger partial charge in [0.15, 0.2) is 0 Å². The first-order chi connectivity index (χ1) is 13.8. The van der Waals surface area contributed by atoms with E-state index in [2.05, 4.69) is 31.8 Å². The Morgan fingerprint density at radius 1 is 1.10 bits per heavy atom. The van der Waals surface area contributed by atoms with Crippen molar-refractivity contribution >= 4 is 37.8 Å². The molecule has 2 aromatic rings. The van der Waals surface area contributed by atoms with Crippen LogP contribution in [-0.4, -0.2) is 67.1 Å². The van der Waals surface area contributed by atoms with Gasteiger partial charge in [-0.2, -0.15) is 4.31 Å². The maximum atomic E-state index is 12.7. The number of rotatable bonds is 5. The molecule has 3 N–H and O–H groups in total. The standard InChI is InChI=1S/C18H22BrN5O4S/c1-13-2-4-15(5-3-13)29(27,28)24-8-6-23(7-9-24)12-17(25)21-22-18(26)16-10-14(19)11-20-16/h2-5,10-11,20H,6-9,12H2,1H3,(H,21,25)(H,22,26). The zero-order chi connectivity index (χ0) is 21.0. The van der Waals surface area contributed by atoms with Gasteiger partial charge in [-0.05, 0) is 41.1 Å². The lowest BCUT2D eigenvalue weighted by Gasteiger charge is -2.33.